The maximum atomic E-state index is 11.4. The van der Waals surface area contributed by atoms with Crippen molar-refractivity contribution in [1.29, 1.82) is 0 Å². The molecule has 1 aromatic carbocycles. The van der Waals surface area contributed by atoms with E-state index in [1.165, 1.54) is 0 Å². The van der Waals surface area contributed by atoms with Crippen LogP contribution in [0, 0.1) is 0 Å². The molecule has 0 aliphatic heterocycles. The number of aliphatic hydroxyl groups excluding tert-OH is 1. The second-order valence-corrected chi connectivity index (χ2v) is 5.99. The predicted octanol–water partition coefficient (Wildman–Crippen LogP) is 1.01. The van der Waals surface area contributed by atoms with Crippen LogP contribution in [0.3, 0.4) is 0 Å². The third-order valence-electron chi connectivity index (χ3n) is 2.25. The zero-order valence-corrected chi connectivity index (χ0v) is 10.4. The van der Waals surface area contributed by atoms with Crippen LogP contribution in [0.25, 0.3) is 0 Å². The number of aliphatic hydroxyl groups is 1. The summed E-state index contributed by atoms with van der Waals surface area (Å²) >= 11 is 5.31. The van der Waals surface area contributed by atoms with Gasteiger partial charge in [-0.2, -0.15) is 0 Å². The van der Waals surface area contributed by atoms with Gasteiger partial charge in [0.25, 0.3) is 0 Å². The standard InChI is InChI=1S/C10H14ClNO3S/c1-10(7-13,12-16(14,15)8-11)9-5-3-2-4-6-9/h2-6,12-13H,7-8H2,1H3. The van der Waals surface area contributed by atoms with Crippen LogP contribution in [-0.2, 0) is 15.6 Å². The van der Waals surface area contributed by atoms with E-state index in [0.29, 0.717) is 5.56 Å². The molecule has 0 fully saturated rings. The van der Waals surface area contributed by atoms with Gasteiger partial charge in [-0.05, 0) is 12.5 Å². The summed E-state index contributed by atoms with van der Waals surface area (Å²) in [5.74, 6) is 0. The van der Waals surface area contributed by atoms with Gasteiger partial charge in [0.1, 0.15) is 5.21 Å². The van der Waals surface area contributed by atoms with Gasteiger partial charge in [-0.1, -0.05) is 30.3 Å². The second-order valence-electron chi connectivity index (χ2n) is 3.68. The van der Waals surface area contributed by atoms with Crippen molar-refractivity contribution in [2.24, 2.45) is 0 Å². The first-order chi connectivity index (χ1) is 7.43. The van der Waals surface area contributed by atoms with Crippen molar-refractivity contribution in [3.8, 4) is 0 Å². The highest BCUT2D eigenvalue weighted by Crippen LogP contribution is 2.21. The van der Waals surface area contributed by atoms with Crippen LogP contribution >= 0.6 is 11.6 Å². The summed E-state index contributed by atoms with van der Waals surface area (Å²) in [7, 11) is -3.58. The third-order valence-corrected chi connectivity index (χ3v) is 4.16. The molecule has 0 aliphatic rings. The van der Waals surface area contributed by atoms with Crippen molar-refractivity contribution < 1.29 is 13.5 Å². The number of nitrogens with one attached hydrogen (secondary N) is 1. The van der Waals surface area contributed by atoms with Crippen molar-refractivity contribution in [2.75, 3.05) is 11.8 Å². The molecule has 0 spiro atoms. The molecule has 1 aromatic rings. The number of hydrogen-bond donors (Lipinski definition) is 2. The van der Waals surface area contributed by atoms with Crippen LogP contribution < -0.4 is 4.72 Å². The van der Waals surface area contributed by atoms with Crippen LogP contribution in [0.15, 0.2) is 30.3 Å². The molecular weight excluding hydrogens is 250 g/mol. The van der Waals surface area contributed by atoms with Crippen molar-refractivity contribution in [2.45, 2.75) is 12.5 Å². The number of benzene rings is 1. The molecule has 4 nitrogen and oxygen atoms in total. The summed E-state index contributed by atoms with van der Waals surface area (Å²) in [5, 5.41) is 8.80. The molecule has 6 heteroatoms. The number of halogens is 1. The molecule has 1 unspecified atom stereocenters. The highest BCUT2D eigenvalue weighted by Gasteiger charge is 2.30. The number of alkyl halides is 1. The van der Waals surface area contributed by atoms with Gasteiger partial charge in [0, 0.05) is 0 Å². The molecule has 0 saturated heterocycles. The summed E-state index contributed by atoms with van der Waals surface area (Å²) in [6, 6.07) is 8.85. The first kappa shape index (κ1) is 13.4. The summed E-state index contributed by atoms with van der Waals surface area (Å²) in [5.41, 5.74) is -0.360. The van der Waals surface area contributed by atoms with Crippen LogP contribution in [0.4, 0.5) is 0 Å². The minimum atomic E-state index is -3.58. The lowest BCUT2D eigenvalue weighted by molar-refractivity contribution is 0.196. The van der Waals surface area contributed by atoms with E-state index in [1.54, 1.807) is 31.2 Å². The smallest absolute Gasteiger partial charge is 0.226 e. The predicted molar refractivity (Wildman–Crippen MR) is 63.7 cm³/mol. The normalized spacial score (nSPS) is 15.7. The zero-order valence-electron chi connectivity index (χ0n) is 8.85. The SMILES string of the molecule is CC(CO)(NS(=O)(=O)CCl)c1ccccc1. The Morgan fingerprint density at radius 2 is 1.94 bits per heavy atom. The molecule has 0 bridgehead atoms. The Balaban J connectivity index is 3.04. The molecule has 0 aliphatic carbocycles. The summed E-state index contributed by atoms with van der Waals surface area (Å²) in [4.78, 5) is 0. The van der Waals surface area contributed by atoms with E-state index in [-0.39, 0.29) is 6.61 Å². The summed E-state index contributed by atoms with van der Waals surface area (Å²) in [6.45, 7) is 1.26. The Morgan fingerprint density at radius 1 is 1.38 bits per heavy atom. The first-order valence-electron chi connectivity index (χ1n) is 4.67. The molecule has 1 atom stereocenters. The molecule has 0 aromatic heterocycles. The van der Waals surface area contributed by atoms with Gasteiger partial charge >= 0.3 is 0 Å². The van der Waals surface area contributed by atoms with E-state index in [1.807, 2.05) is 6.07 Å². The van der Waals surface area contributed by atoms with E-state index in [4.69, 9.17) is 11.6 Å². The monoisotopic (exact) mass is 263 g/mol. The van der Waals surface area contributed by atoms with Gasteiger partial charge in [0.15, 0.2) is 0 Å². The lowest BCUT2D eigenvalue weighted by Crippen LogP contribution is -2.46. The molecule has 1 rings (SSSR count). The minimum Gasteiger partial charge on any atom is -0.394 e. The molecule has 90 valence electrons. The third kappa shape index (κ3) is 3.18. The van der Waals surface area contributed by atoms with Crippen LogP contribution in [0.1, 0.15) is 12.5 Å². The largest absolute Gasteiger partial charge is 0.394 e. The topological polar surface area (TPSA) is 66.4 Å². The fourth-order valence-corrected chi connectivity index (χ4v) is 2.45. The molecule has 0 radical (unpaired) electrons. The first-order valence-corrected chi connectivity index (χ1v) is 6.86. The maximum Gasteiger partial charge on any atom is 0.226 e. The Bertz CT molecular complexity index is 435. The van der Waals surface area contributed by atoms with Gasteiger partial charge in [0.05, 0.1) is 12.1 Å². The van der Waals surface area contributed by atoms with Crippen molar-refractivity contribution >= 4 is 21.6 Å². The van der Waals surface area contributed by atoms with Crippen molar-refractivity contribution in [3.63, 3.8) is 0 Å². The molecule has 0 heterocycles. The summed E-state index contributed by atoms with van der Waals surface area (Å²) < 4.78 is 25.2. The van der Waals surface area contributed by atoms with E-state index in [0.717, 1.165) is 0 Å². The fourth-order valence-electron chi connectivity index (χ4n) is 1.36. The molecule has 0 saturated carbocycles. The average molecular weight is 264 g/mol. The number of rotatable bonds is 5. The van der Waals surface area contributed by atoms with Crippen molar-refractivity contribution in [1.82, 2.24) is 4.72 Å². The van der Waals surface area contributed by atoms with E-state index in [9.17, 15) is 13.5 Å². The maximum absolute atomic E-state index is 11.4. The lowest BCUT2D eigenvalue weighted by atomic mass is 9.94. The van der Waals surface area contributed by atoms with E-state index < -0.39 is 20.8 Å². The lowest BCUT2D eigenvalue weighted by Gasteiger charge is -2.28. The highest BCUT2D eigenvalue weighted by atomic mass is 35.5. The zero-order chi connectivity index (χ0) is 12.2. The average Bonchev–Trinajstić information content (AvgIpc) is 2.29. The van der Waals surface area contributed by atoms with Gasteiger partial charge < -0.3 is 5.11 Å². The summed E-state index contributed by atoms with van der Waals surface area (Å²) in [6.07, 6.45) is 0. The highest BCUT2D eigenvalue weighted by molar-refractivity contribution is 7.90. The Labute approximate surface area is 100 Å². The van der Waals surface area contributed by atoms with Crippen molar-refractivity contribution in [3.05, 3.63) is 35.9 Å². The Hall–Kier alpha value is -0.620. The van der Waals surface area contributed by atoms with E-state index >= 15 is 0 Å². The van der Waals surface area contributed by atoms with Crippen LogP contribution in [0.2, 0.25) is 0 Å². The molecule has 2 N–H and O–H groups in total. The van der Waals surface area contributed by atoms with Crippen LogP contribution in [-0.4, -0.2) is 25.3 Å². The number of sulfonamides is 1. The van der Waals surface area contributed by atoms with E-state index in [2.05, 4.69) is 4.72 Å². The van der Waals surface area contributed by atoms with Gasteiger partial charge in [0.2, 0.25) is 10.0 Å². The second kappa shape index (κ2) is 5.14. The molecule has 0 amide bonds. The fraction of sp³-hybridized carbons (Fsp3) is 0.400. The number of hydrogen-bond acceptors (Lipinski definition) is 3. The van der Waals surface area contributed by atoms with Crippen LogP contribution in [0.5, 0.6) is 0 Å². The Morgan fingerprint density at radius 3 is 2.38 bits per heavy atom. The van der Waals surface area contributed by atoms with Gasteiger partial charge in [-0.3, -0.25) is 0 Å². The quantitative estimate of drug-likeness (QED) is 0.780. The Kier molecular flexibility index (Phi) is 4.32. The molecular formula is C10H14ClNO3S. The van der Waals surface area contributed by atoms with Gasteiger partial charge in [-0.25, -0.2) is 13.1 Å². The molecule has 16 heavy (non-hydrogen) atoms. The minimum absolute atomic E-state index is 0.340. The van der Waals surface area contributed by atoms with Gasteiger partial charge in [-0.15, -0.1) is 11.6 Å².